The minimum absolute atomic E-state index is 0. The van der Waals surface area contributed by atoms with E-state index < -0.39 is 0 Å². The molecule has 0 aromatic rings. The third-order valence-corrected chi connectivity index (χ3v) is 1.54. The van der Waals surface area contributed by atoms with Gasteiger partial charge in [-0.05, 0) is 13.8 Å². The van der Waals surface area contributed by atoms with Crippen molar-refractivity contribution in [3.8, 4) is 0 Å². The molecule has 10 heavy (non-hydrogen) atoms. The van der Waals surface area contributed by atoms with Gasteiger partial charge in [0.15, 0.2) is 0 Å². The van der Waals surface area contributed by atoms with Gasteiger partial charge < -0.3 is 10.6 Å². The second kappa shape index (κ2) is 6.23. The van der Waals surface area contributed by atoms with E-state index >= 15 is 0 Å². The van der Waals surface area contributed by atoms with Crippen LogP contribution in [-0.2, 0) is 0 Å². The smallest absolute Gasteiger partial charge is 0.0164 e. The number of hydrogen-bond acceptors (Lipinski definition) is 2. The van der Waals surface area contributed by atoms with Gasteiger partial charge in [-0.15, -0.1) is 24.8 Å². The van der Waals surface area contributed by atoms with E-state index in [4.69, 9.17) is 0 Å². The van der Waals surface area contributed by atoms with Gasteiger partial charge in [-0.3, -0.25) is 0 Å². The first-order valence-corrected chi connectivity index (χ1v) is 3.26. The maximum Gasteiger partial charge on any atom is 0.0164 e. The molecule has 2 atom stereocenters. The van der Waals surface area contributed by atoms with Crippen LogP contribution in [0.1, 0.15) is 13.8 Å². The summed E-state index contributed by atoms with van der Waals surface area (Å²) in [6.07, 6.45) is 0. The fourth-order valence-electron chi connectivity index (χ4n) is 0.900. The van der Waals surface area contributed by atoms with Crippen molar-refractivity contribution in [2.45, 2.75) is 25.9 Å². The molecule has 0 radical (unpaired) electrons. The second-order valence-corrected chi connectivity index (χ2v) is 2.62. The van der Waals surface area contributed by atoms with Crippen molar-refractivity contribution in [3.63, 3.8) is 0 Å². The molecule has 1 rings (SSSR count). The van der Waals surface area contributed by atoms with Gasteiger partial charge in [-0.2, -0.15) is 0 Å². The van der Waals surface area contributed by atoms with E-state index in [2.05, 4.69) is 24.5 Å². The van der Waals surface area contributed by atoms with Crippen LogP contribution in [-0.4, -0.2) is 25.2 Å². The Labute approximate surface area is 75.0 Å². The summed E-state index contributed by atoms with van der Waals surface area (Å²) in [5.74, 6) is 0. The lowest BCUT2D eigenvalue weighted by molar-refractivity contribution is 0.376. The Morgan fingerprint density at radius 2 is 1.20 bits per heavy atom. The predicted octanol–water partition coefficient (Wildman–Crippen LogP) is 0.800. The fraction of sp³-hybridized carbons (Fsp3) is 1.00. The molecule has 0 spiro atoms. The van der Waals surface area contributed by atoms with E-state index in [9.17, 15) is 0 Å². The second-order valence-electron chi connectivity index (χ2n) is 2.62. The lowest BCUT2D eigenvalue weighted by atomic mass is 10.2. The summed E-state index contributed by atoms with van der Waals surface area (Å²) in [7, 11) is 0. The summed E-state index contributed by atoms with van der Waals surface area (Å²) >= 11 is 0. The van der Waals surface area contributed by atoms with Crippen molar-refractivity contribution in [1.82, 2.24) is 10.6 Å². The van der Waals surface area contributed by atoms with Gasteiger partial charge in [-0.25, -0.2) is 0 Å². The topological polar surface area (TPSA) is 24.1 Å². The molecule has 0 aliphatic carbocycles. The van der Waals surface area contributed by atoms with Gasteiger partial charge in [0.05, 0.1) is 0 Å². The van der Waals surface area contributed by atoms with Crippen molar-refractivity contribution >= 4 is 24.8 Å². The molecule has 1 aliphatic rings. The maximum absolute atomic E-state index is 3.37. The SMILES string of the molecule is C[C@@H]1CN[C@H](C)CN1.Cl.Cl. The zero-order chi connectivity index (χ0) is 5.98. The average molecular weight is 187 g/mol. The molecule has 4 heteroatoms. The van der Waals surface area contributed by atoms with Gasteiger partial charge >= 0.3 is 0 Å². The highest BCUT2D eigenvalue weighted by molar-refractivity contribution is 5.85. The molecule has 0 unspecified atom stereocenters. The molecule has 1 aliphatic heterocycles. The summed E-state index contributed by atoms with van der Waals surface area (Å²) in [6.45, 7) is 6.61. The monoisotopic (exact) mass is 186 g/mol. The molecule has 0 aromatic carbocycles. The third-order valence-electron chi connectivity index (χ3n) is 1.54. The minimum atomic E-state index is 0. The van der Waals surface area contributed by atoms with Gasteiger partial charge in [0, 0.05) is 25.2 Å². The Bertz CT molecular complexity index is 62.1. The number of rotatable bonds is 0. The molecule has 1 fully saturated rings. The van der Waals surface area contributed by atoms with Gasteiger partial charge in [0.25, 0.3) is 0 Å². The van der Waals surface area contributed by atoms with Crippen LogP contribution in [0.25, 0.3) is 0 Å². The highest BCUT2D eigenvalue weighted by Gasteiger charge is 2.10. The Hall–Kier alpha value is 0.500. The summed E-state index contributed by atoms with van der Waals surface area (Å²) in [5, 5.41) is 6.74. The highest BCUT2D eigenvalue weighted by atomic mass is 35.5. The number of halogens is 2. The zero-order valence-electron chi connectivity index (χ0n) is 6.39. The van der Waals surface area contributed by atoms with E-state index in [-0.39, 0.29) is 24.8 Å². The highest BCUT2D eigenvalue weighted by Crippen LogP contribution is 1.89. The number of hydrogen-bond donors (Lipinski definition) is 2. The Morgan fingerprint density at radius 1 is 0.900 bits per heavy atom. The number of nitrogens with one attached hydrogen (secondary N) is 2. The van der Waals surface area contributed by atoms with E-state index in [0.717, 1.165) is 13.1 Å². The van der Waals surface area contributed by atoms with Gasteiger partial charge in [0.1, 0.15) is 0 Å². The molecule has 2 nitrogen and oxygen atoms in total. The minimum Gasteiger partial charge on any atom is -0.311 e. The quantitative estimate of drug-likeness (QED) is 0.586. The first-order chi connectivity index (χ1) is 3.79. The van der Waals surface area contributed by atoms with Crippen molar-refractivity contribution in [2.75, 3.05) is 13.1 Å². The van der Waals surface area contributed by atoms with Crippen LogP contribution in [0.15, 0.2) is 0 Å². The predicted molar refractivity (Wildman–Crippen MR) is 49.4 cm³/mol. The van der Waals surface area contributed by atoms with Crippen LogP contribution in [0.4, 0.5) is 0 Å². The standard InChI is InChI=1S/C6H14N2.2ClH/c1-5-3-8-6(2)4-7-5;;/h5-8H,3-4H2,1-2H3;2*1H/t5-,6-;;/m1../s1. The molecule has 0 bridgehead atoms. The summed E-state index contributed by atoms with van der Waals surface area (Å²) < 4.78 is 0. The number of piperazine rings is 1. The average Bonchev–Trinajstić information content (AvgIpc) is 1.77. The Balaban J connectivity index is 0. The molecule has 0 saturated carbocycles. The van der Waals surface area contributed by atoms with E-state index in [0.29, 0.717) is 12.1 Å². The molecule has 2 N–H and O–H groups in total. The summed E-state index contributed by atoms with van der Waals surface area (Å²) in [5.41, 5.74) is 0. The lowest BCUT2D eigenvalue weighted by Gasteiger charge is -2.26. The van der Waals surface area contributed by atoms with Gasteiger partial charge in [0.2, 0.25) is 0 Å². The van der Waals surface area contributed by atoms with Crippen molar-refractivity contribution in [2.24, 2.45) is 0 Å². The van der Waals surface area contributed by atoms with Crippen LogP contribution >= 0.6 is 24.8 Å². The first-order valence-electron chi connectivity index (χ1n) is 3.26. The van der Waals surface area contributed by atoms with Crippen molar-refractivity contribution in [3.05, 3.63) is 0 Å². The maximum atomic E-state index is 3.37. The third kappa shape index (κ3) is 4.34. The van der Waals surface area contributed by atoms with Crippen LogP contribution in [0.5, 0.6) is 0 Å². The van der Waals surface area contributed by atoms with Crippen LogP contribution < -0.4 is 10.6 Å². The molecular formula is C6H16Cl2N2. The molecule has 1 saturated heterocycles. The van der Waals surface area contributed by atoms with Gasteiger partial charge in [-0.1, -0.05) is 0 Å². The zero-order valence-corrected chi connectivity index (χ0v) is 8.02. The van der Waals surface area contributed by atoms with Crippen molar-refractivity contribution in [1.29, 1.82) is 0 Å². The van der Waals surface area contributed by atoms with E-state index in [1.54, 1.807) is 0 Å². The Morgan fingerprint density at radius 3 is 1.40 bits per heavy atom. The summed E-state index contributed by atoms with van der Waals surface area (Å²) in [6, 6.07) is 1.32. The van der Waals surface area contributed by atoms with Crippen molar-refractivity contribution < 1.29 is 0 Å². The molecule has 0 aromatic heterocycles. The molecule has 0 amide bonds. The van der Waals surface area contributed by atoms with Crippen LogP contribution in [0.3, 0.4) is 0 Å². The summed E-state index contributed by atoms with van der Waals surface area (Å²) in [4.78, 5) is 0. The van der Waals surface area contributed by atoms with Crippen LogP contribution in [0.2, 0.25) is 0 Å². The molecular weight excluding hydrogens is 171 g/mol. The molecule has 1 heterocycles. The largest absolute Gasteiger partial charge is 0.311 e. The lowest BCUT2D eigenvalue weighted by Crippen LogP contribution is -2.51. The van der Waals surface area contributed by atoms with E-state index in [1.807, 2.05) is 0 Å². The Kier molecular flexibility index (Phi) is 8.17. The fourth-order valence-corrected chi connectivity index (χ4v) is 0.900. The van der Waals surface area contributed by atoms with E-state index in [1.165, 1.54) is 0 Å². The normalized spacial score (nSPS) is 31.8. The molecule has 64 valence electrons. The van der Waals surface area contributed by atoms with Crippen LogP contribution in [0, 0.1) is 0 Å². The first kappa shape index (κ1) is 13.1.